The van der Waals surface area contributed by atoms with Gasteiger partial charge < -0.3 is 31.3 Å². The van der Waals surface area contributed by atoms with E-state index >= 15 is 0 Å². The second-order valence-corrected chi connectivity index (χ2v) is 7.66. The van der Waals surface area contributed by atoms with Gasteiger partial charge in [-0.25, -0.2) is 14.4 Å². The number of pyridine rings is 2. The van der Waals surface area contributed by atoms with E-state index in [0.29, 0.717) is 22.9 Å². The Kier molecular flexibility index (Phi) is 6.22. The number of hydrogen-bond acceptors (Lipinski definition) is 8. The molecule has 32 heavy (non-hydrogen) atoms. The normalized spacial score (nSPS) is 18.2. The summed E-state index contributed by atoms with van der Waals surface area (Å²) in [6.45, 7) is 0. The van der Waals surface area contributed by atoms with Crippen molar-refractivity contribution in [1.29, 1.82) is 0 Å². The minimum atomic E-state index is -0.812. The molecule has 1 saturated carbocycles. The number of furan rings is 1. The Morgan fingerprint density at radius 3 is 2.78 bits per heavy atom. The summed E-state index contributed by atoms with van der Waals surface area (Å²) in [7, 11) is 1.50. The van der Waals surface area contributed by atoms with Crippen LogP contribution in [0.15, 0.2) is 41.1 Å². The summed E-state index contributed by atoms with van der Waals surface area (Å²) in [5, 5.41) is 6.10. The summed E-state index contributed by atoms with van der Waals surface area (Å²) >= 11 is 0. The topological polar surface area (TPSA) is 141 Å². The van der Waals surface area contributed by atoms with Crippen LogP contribution in [-0.2, 0) is 0 Å². The zero-order chi connectivity index (χ0) is 22.7. The highest BCUT2D eigenvalue weighted by atomic mass is 19.1. The molecule has 0 bridgehead atoms. The number of nitrogens with zero attached hydrogens (tertiary/aromatic N) is 2. The smallest absolute Gasteiger partial charge is 0.252 e. The average molecular weight is 440 g/mol. The zero-order valence-electron chi connectivity index (χ0n) is 17.6. The van der Waals surface area contributed by atoms with E-state index in [4.69, 9.17) is 20.6 Å². The Balaban J connectivity index is 1.68. The van der Waals surface area contributed by atoms with Gasteiger partial charge in [-0.15, -0.1) is 0 Å². The fraction of sp³-hybridized carbons (Fsp3) is 0.318. The van der Waals surface area contributed by atoms with Crippen molar-refractivity contribution in [3.8, 4) is 17.2 Å². The van der Waals surface area contributed by atoms with Crippen LogP contribution in [0.2, 0.25) is 0 Å². The number of rotatable bonds is 7. The summed E-state index contributed by atoms with van der Waals surface area (Å²) in [6.07, 6.45) is 6.77. The molecule has 0 aliphatic heterocycles. The van der Waals surface area contributed by atoms with E-state index in [9.17, 15) is 9.18 Å². The summed E-state index contributed by atoms with van der Waals surface area (Å²) in [5.41, 5.74) is 12.6. The van der Waals surface area contributed by atoms with Crippen LogP contribution in [0.4, 0.5) is 21.7 Å². The minimum Gasteiger partial charge on any atom is -0.480 e. The summed E-state index contributed by atoms with van der Waals surface area (Å²) in [6, 6.07) is 6.10. The van der Waals surface area contributed by atoms with Crippen molar-refractivity contribution in [3.05, 3.63) is 48.1 Å². The zero-order valence-corrected chi connectivity index (χ0v) is 17.6. The van der Waals surface area contributed by atoms with Crippen molar-refractivity contribution in [1.82, 2.24) is 9.97 Å². The summed E-state index contributed by atoms with van der Waals surface area (Å²) < 4.78 is 25.5. The molecule has 3 aromatic rings. The predicted molar refractivity (Wildman–Crippen MR) is 118 cm³/mol. The number of halogens is 1. The number of nitrogens with two attached hydrogens (primary N) is 2. The Morgan fingerprint density at radius 2 is 2.09 bits per heavy atom. The lowest BCUT2D eigenvalue weighted by atomic mass is 9.91. The van der Waals surface area contributed by atoms with E-state index < -0.39 is 11.7 Å². The van der Waals surface area contributed by atoms with Crippen molar-refractivity contribution in [2.24, 2.45) is 11.5 Å². The fourth-order valence-electron chi connectivity index (χ4n) is 3.82. The van der Waals surface area contributed by atoms with Crippen molar-refractivity contribution >= 4 is 23.2 Å². The largest absolute Gasteiger partial charge is 0.480 e. The van der Waals surface area contributed by atoms with Gasteiger partial charge in [0, 0.05) is 12.1 Å². The quantitative estimate of drug-likeness (QED) is 0.438. The molecule has 3 heterocycles. The van der Waals surface area contributed by atoms with E-state index in [2.05, 4.69) is 20.6 Å². The highest BCUT2D eigenvalue weighted by Crippen LogP contribution is 2.32. The van der Waals surface area contributed by atoms with E-state index in [0.717, 1.165) is 31.7 Å². The maximum atomic E-state index is 14.7. The molecule has 1 aliphatic carbocycles. The van der Waals surface area contributed by atoms with Gasteiger partial charge in [0.25, 0.3) is 5.91 Å². The Bertz CT molecular complexity index is 1110. The van der Waals surface area contributed by atoms with E-state index in [1.807, 2.05) is 0 Å². The number of carbonyl (C=O) groups excluding carboxylic acids is 1. The third-order valence-corrected chi connectivity index (χ3v) is 5.48. The molecule has 6 N–H and O–H groups in total. The third kappa shape index (κ3) is 4.50. The average Bonchev–Trinajstić information content (AvgIpc) is 3.32. The van der Waals surface area contributed by atoms with Crippen LogP contribution in [-0.4, -0.2) is 35.1 Å². The van der Waals surface area contributed by atoms with Crippen LogP contribution < -0.4 is 26.8 Å². The Labute approximate surface area is 184 Å². The molecule has 9 nitrogen and oxygen atoms in total. The van der Waals surface area contributed by atoms with Crippen LogP contribution in [0.3, 0.4) is 0 Å². The minimum absolute atomic E-state index is 0.00702. The molecule has 168 valence electrons. The first-order valence-corrected chi connectivity index (χ1v) is 10.3. The lowest BCUT2D eigenvalue weighted by molar-refractivity contribution is 0.100. The number of hydrogen-bond donors (Lipinski definition) is 4. The maximum Gasteiger partial charge on any atom is 0.252 e. The first kappa shape index (κ1) is 21.6. The van der Waals surface area contributed by atoms with E-state index in [-0.39, 0.29) is 29.3 Å². The Morgan fingerprint density at radius 1 is 1.28 bits per heavy atom. The lowest BCUT2D eigenvalue weighted by Gasteiger charge is -2.30. The summed E-state index contributed by atoms with van der Waals surface area (Å²) in [5.74, 6) is -0.468. The molecule has 0 radical (unpaired) electrons. The Hall–Kier alpha value is -3.66. The molecule has 1 unspecified atom stereocenters. The van der Waals surface area contributed by atoms with Crippen LogP contribution in [0.5, 0.6) is 5.88 Å². The van der Waals surface area contributed by atoms with Gasteiger partial charge in [0.2, 0.25) is 5.88 Å². The van der Waals surface area contributed by atoms with Crippen LogP contribution >= 0.6 is 0 Å². The summed E-state index contributed by atoms with van der Waals surface area (Å²) in [4.78, 5) is 20.5. The van der Waals surface area contributed by atoms with Gasteiger partial charge in [0.05, 0.1) is 36.4 Å². The first-order valence-electron chi connectivity index (χ1n) is 10.3. The number of carbonyl (C=O) groups is 1. The van der Waals surface area contributed by atoms with Gasteiger partial charge in [-0.1, -0.05) is 12.8 Å². The lowest BCUT2D eigenvalue weighted by Crippen LogP contribution is -2.43. The van der Waals surface area contributed by atoms with Gasteiger partial charge in [-0.3, -0.25) is 4.79 Å². The number of nitrogens with one attached hydrogen (secondary N) is 2. The van der Waals surface area contributed by atoms with Crippen LogP contribution in [0, 0.1) is 5.82 Å². The first-order chi connectivity index (χ1) is 15.5. The van der Waals surface area contributed by atoms with E-state index in [1.165, 1.54) is 19.6 Å². The second kappa shape index (κ2) is 9.23. The van der Waals surface area contributed by atoms with Gasteiger partial charge in [0.15, 0.2) is 11.6 Å². The van der Waals surface area contributed by atoms with Crippen LogP contribution in [0.1, 0.15) is 36.0 Å². The van der Waals surface area contributed by atoms with Crippen molar-refractivity contribution in [2.75, 3.05) is 17.7 Å². The van der Waals surface area contributed by atoms with Gasteiger partial charge in [-0.05, 0) is 37.1 Å². The number of aromatic nitrogens is 2. The molecule has 4 rings (SSSR count). The van der Waals surface area contributed by atoms with Gasteiger partial charge >= 0.3 is 0 Å². The molecule has 1 amide bonds. The highest BCUT2D eigenvalue weighted by molar-refractivity contribution is 5.98. The molecule has 0 spiro atoms. The maximum absolute atomic E-state index is 14.7. The molecule has 1 fully saturated rings. The molecule has 0 aromatic carbocycles. The second-order valence-electron chi connectivity index (χ2n) is 7.66. The number of methoxy groups -OCH3 is 1. The van der Waals surface area contributed by atoms with Crippen LogP contribution in [0.25, 0.3) is 11.3 Å². The molecular weight excluding hydrogens is 415 g/mol. The fourth-order valence-corrected chi connectivity index (χ4v) is 3.82. The van der Waals surface area contributed by atoms with Gasteiger partial charge in [0.1, 0.15) is 11.6 Å². The standard InChI is InChI=1S/C22H25FN6O3/c1-31-22-13(18-7-4-8-32-18)9-12(11-26-22)27-20-14(19(25)30)10-15(23)21(29-20)28-17-6-3-2-5-16(17)24/h4,7-11,16-17H,2-3,5-6,24H2,1H3,(H2,25,30)(H2,27,28,29)/t16-,17?/m0/s1. The molecule has 10 heteroatoms. The number of primary amides is 1. The van der Waals surface area contributed by atoms with Gasteiger partial charge in [-0.2, -0.15) is 0 Å². The molecule has 0 saturated heterocycles. The number of anilines is 3. The molecule has 1 aliphatic rings. The van der Waals surface area contributed by atoms with Crippen molar-refractivity contribution in [3.63, 3.8) is 0 Å². The molecule has 2 atom stereocenters. The predicted octanol–water partition coefficient (Wildman–Crippen LogP) is 3.41. The van der Waals surface area contributed by atoms with Crippen molar-refractivity contribution in [2.45, 2.75) is 37.8 Å². The van der Waals surface area contributed by atoms with E-state index in [1.54, 1.807) is 18.2 Å². The monoisotopic (exact) mass is 440 g/mol. The number of ether oxygens (including phenoxy) is 1. The van der Waals surface area contributed by atoms with Crippen molar-refractivity contribution < 1.29 is 18.3 Å². The molecule has 3 aromatic heterocycles. The number of amides is 1. The highest BCUT2D eigenvalue weighted by Gasteiger charge is 2.24. The third-order valence-electron chi connectivity index (χ3n) is 5.48. The molecular formula is C22H25FN6O3. The SMILES string of the molecule is COc1ncc(Nc2nc(NC3CCCC[C@@H]3N)c(F)cc2C(N)=O)cc1-c1ccco1.